The molecule has 0 aromatic heterocycles. The topological polar surface area (TPSA) is 66.9 Å². The summed E-state index contributed by atoms with van der Waals surface area (Å²) in [6.45, 7) is 0.859. The van der Waals surface area contributed by atoms with E-state index >= 15 is 0 Å². The number of methoxy groups -OCH3 is 1. The molecule has 2 rings (SSSR count). The van der Waals surface area contributed by atoms with Crippen molar-refractivity contribution >= 4 is 27.3 Å². The van der Waals surface area contributed by atoms with Crippen molar-refractivity contribution in [1.29, 1.82) is 0 Å². The molecule has 1 unspecified atom stereocenters. The molecule has 1 aliphatic heterocycles. The molecule has 0 spiro atoms. The molecule has 1 aromatic rings. The van der Waals surface area contributed by atoms with Crippen LogP contribution in [0.25, 0.3) is 0 Å². The van der Waals surface area contributed by atoms with Crippen molar-refractivity contribution < 1.29 is 22.3 Å². The monoisotopic (exact) mass is 406 g/mol. The third kappa shape index (κ3) is 5.64. The zero-order valence-electron chi connectivity index (χ0n) is 15.0. The molecule has 0 saturated carbocycles. The van der Waals surface area contributed by atoms with Gasteiger partial charge in [0.15, 0.2) is 9.84 Å². The molecule has 1 heterocycles. The van der Waals surface area contributed by atoms with Crippen LogP contribution in [0.3, 0.4) is 0 Å². The van der Waals surface area contributed by atoms with Gasteiger partial charge >= 0.3 is 0 Å². The van der Waals surface area contributed by atoms with Crippen molar-refractivity contribution in [3.63, 3.8) is 0 Å². The van der Waals surface area contributed by atoms with Gasteiger partial charge in [-0.2, -0.15) is 0 Å². The van der Waals surface area contributed by atoms with Crippen molar-refractivity contribution in [3.05, 3.63) is 34.6 Å². The standard InChI is InChI=1S/C17H24ClFN2O4S/c1-20(10-14-15(18)4-3-5-16(14)19)11-17(22)21(7-8-25-2)13-6-9-26(23,24)12-13/h3-5,13H,6-12H2,1-2H3. The molecule has 146 valence electrons. The number of sulfone groups is 1. The Labute approximate surface area is 158 Å². The molecular formula is C17H24ClFN2O4S. The smallest absolute Gasteiger partial charge is 0.237 e. The van der Waals surface area contributed by atoms with Crippen LogP contribution in [0.5, 0.6) is 0 Å². The van der Waals surface area contributed by atoms with Gasteiger partial charge < -0.3 is 9.64 Å². The maximum absolute atomic E-state index is 13.9. The SMILES string of the molecule is COCCN(C(=O)CN(C)Cc1c(F)cccc1Cl)C1CCS(=O)(=O)C1. The van der Waals surface area contributed by atoms with Gasteiger partial charge in [-0.25, -0.2) is 12.8 Å². The molecule has 0 N–H and O–H groups in total. The van der Waals surface area contributed by atoms with Crippen molar-refractivity contribution in [2.45, 2.75) is 19.0 Å². The molecule has 1 aromatic carbocycles. The fourth-order valence-electron chi connectivity index (χ4n) is 3.05. The third-order valence-electron chi connectivity index (χ3n) is 4.40. The summed E-state index contributed by atoms with van der Waals surface area (Å²) in [5, 5.41) is 0.308. The number of hydrogen-bond acceptors (Lipinski definition) is 5. The van der Waals surface area contributed by atoms with Gasteiger partial charge in [0.25, 0.3) is 0 Å². The molecule has 0 radical (unpaired) electrons. The number of benzene rings is 1. The minimum Gasteiger partial charge on any atom is -0.383 e. The number of carbonyl (C=O) groups excluding carboxylic acids is 1. The van der Waals surface area contributed by atoms with Crippen LogP contribution in [0.4, 0.5) is 4.39 Å². The minimum atomic E-state index is -3.10. The predicted octanol–water partition coefficient (Wildman–Crippen LogP) is 1.57. The van der Waals surface area contributed by atoms with Gasteiger partial charge in [0.05, 0.1) is 24.7 Å². The Morgan fingerprint density at radius 3 is 2.73 bits per heavy atom. The van der Waals surface area contributed by atoms with Gasteiger partial charge in [-0.15, -0.1) is 0 Å². The molecule has 1 saturated heterocycles. The number of hydrogen-bond donors (Lipinski definition) is 0. The molecule has 6 nitrogen and oxygen atoms in total. The van der Waals surface area contributed by atoms with E-state index in [-0.39, 0.29) is 36.5 Å². The van der Waals surface area contributed by atoms with Crippen LogP contribution in [-0.2, 0) is 25.9 Å². The van der Waals surface area contributed by atoms with Crippen LogP contribution < -0.4 is 0 Å². The lowest BCUT2D eigenvalue weighted by Gasteiger charge is -2.30. The summed E-state index contributed by atoms with van der Waals surface area (Å²) in [5.41, 5.74) is 0.330. The summed E-state index contributed by atoms with van der Waals surface area (Å²) in [6.07, 6.45) is 0.431. The van der Waals surface area contributed by atoms with Gasteiger partial charge in [-0.1, -0.05) is 17.7 Å². The highest BCUT2D eigenvalue weighted by Crippen LogP contribution is 2.21. The van der Waals surface area contributed by atoms with E-state index in [9.17, 15) is 17.6 Å². The van der Waals surface area contributed by atoms with Gasteiger partial charge in [0.2, 0.25) is 5.91 Å². The number of amides is 1. The maximum atomic E-state index is 13.9. The van der Waals surface area contributed by atoms with E-state index in [2.05, 4.69) is 0 Å². The van der Waals surface area contributed by atoms with Crippen LogP contribution in [0.1, 0.15) is 12.0 Å². The Bertz CT molecular complexity index is 724. The number of carbonyl (C=O) groups is 1. The fourth-order valence-corrected chi connectivity index (χ4v) is 5.01. The van der Waals surface area contributed by atoms with E-state index in [1.165, 1.54) is 19.2 Å². The highest BCUT2D eigenvalue weighted by atomic mass is 35.5. The van der Waals surface area contributed by atoms with Crippen LogP contribution in [0, 0.1) is 5.82 Å². The summed E-state index contributed by atoms with van der Waals surface area (Å²) in [5.74, 6) is -0.561. The summed E-state index contributed by atoms with van der Waals surface area (Å²) in [7, 11) is 0.120. The second-order valence-electron chi connectivity index (χ2n) is 6.51. The lowest BCUT2D eigenvalue weighted by Crippen LogP contribution is -2.47. The molecule has 0 aliphatic carbocycles. The summed E-state index contributed by atoms with van der Waals surface area (Å²) >= 11 is 6.03. The van der Waals surface area contributed by atoms with Crippen LogP contribution in [0.15, 0.2) is 18.2 Å². The first-order valence-electron chi connectivity index (χ1n) is 8.34. The Hall–Kier alpha value is -1.22. The Morgan fingerprint density at radius 2 is 2.15 bits per heavy atom. The number of halogens is 2. The highest BCUT2D eigenvalue weighted by Gasteiger charge is 2.34. The quantitative estimate of drug-likeness (QED) is 0.655. The minimum absolute atomic E-state index is 0.0225. The lowest BCUT2D eigenvalue weighted by atomic mass is 10.2. The number of nitrogens with zero attached hydrogens (tertiary/aromatic N) is 2. The lowest BCUT2D eigenvalue weighted by molar-refractivity contribution is -0.134. The van der Waals surface area contributed by atoms with Crippen molar-refractivity contribution in [2.75, 3.05) is 45.4 Å². The average molecular weight is 407 g/mol. The average Bonchev–Trinajstić information content (AvgIpc) is 2.91. The van der Waals surface area contributed by atoms with Gasteiger partial charge in [-0.3, -0.25) is 9.69 Å². The predicted molar refractivity (Wildman–Crippen MR) is 98.4 cm³/mol. The molecule has 1 atom stereocenters. The number of ether oxygens (including phenoxy) is 1. The van der Waals surface area contributed by atoms with E-state index in [0.717, 1.165) is 0 Å². The molecule has 1 fully saturated rings. The Kier molecular flexibility index (Phi) is 7.40. The first-order valence-corrected chi connectivity index (χ1v) is 10.5. The van der Waals surface area contributed by atoms with Crippen LogP contribution >= 0.6 is 11.6 Å². The fraction of sp³-hybridized carbons (Fsp3) is 0.588. The van der Waals surface area contributed by atoms with Gasteiger partial charge in [-0.05, 0) is 25.6 Å². The maximum Gasteiger partial charge on any atom is 0.237 e. The van der Waals surface area contributed by atoms with E-state index in [4.69, 9.17) is 16.3 Å². The second-order valence-corrected chi connectivity index (χ2v) is 9.15. The van der Waals surface area contributed by atoms with E-state index in [1.54, 1.807) is 22.9 Å². The molecule has 9 heteroatoms. The molecular weight excluding hydrogens is 383 g/mol. The van der Waals surface area contributed by atoms with Crippen LogP contribution in [0.2, 0.25) is 5.02 Å². The summed E-state index contributed by atoms with van der Waals surface area (Å²) in [4.78, 5) is 16.0. The zero-order chi connectivity index (χ0) is 19.3. The van der Waals surface area contributed by atoms with Gasteiger partial charge in [0.1, 0.15) is 5.82 Å². The molecule has 1 amide bonds. The largest absolute Gasteiger partial charge is 0.383 e. The van der Waals surface area contributed by atoms with Crippen molar-refractivity contribution in [1.82, 2.24) is 9.80 Å². The summed E-state index contributed by atoms with van der Waals surface area (Å²) in [6, 6.07) is 4.11. The normalized spacial score (nSPS) is 19.0. The molecule has 0 bridgehead atoms. The number of likely N-dealkylation sites (N-methyl/N-ethyl adjacent to an activating group) is 1. The Morgan fingerprint density at radius 1 is 1.42 bits per heavy atom. The van der Waals surface area contributed by atoms with Crippen molar-refractivity contribution in [2.24, 2.45) is 0 Å². The van der Waals surface area contributed by atoms with E-state index < -0.39 is 15.7 Å². The third-order valence-corrected chi connectivity index (χ3v) is 6.51. The first kappa shape index (κ1) is 21.1. The molecule has 26 heavy (non-hydrogen) atoms. The number of rotatable bonds is 8. The molecule has 1 aliphatic rings. The summed E-state index contributed by atoms with van der Waals surface area (Å²) < 4.78 is 42.4. The van der Waals surface area contributed by atoms with Gasteiger partial charge in [0, 0.05) is 36.8 Å². The Balaban J connectivity index is 2.03. The zero-order valence-corrected chi connectivity index (χ0v) is 16.5. The van der Waals surface area contributed by atoms with E-state index in [0.29, 0.717) is 30.2 Å². The van der Waals surface area contributed by atoms with Crippen LogP contribution in [-0.4, -0.2) is 75.5 Å². The first-order chi connectivity index (χ1) is 12.2. The van der Waals surface area contributed by atoms with Crippen molar-refractivity contribution in [3.8, 4) is 0 Å². The van der Waals surface area contributed by atoms with E-state index in [1.807, 2.05) is 0 Å². The highest BCUT2D eigenvalue weighted by molar-refractivity contribution is 7.91. The second kappa shape index (κ2) is 9.12.